The predicted octanol–water partition coefficient (Wildman–Crippen LogP) is 3.64. The van der Waals surface area contributed by atoms with Crippen LogP contribution in [0, 0.1) is 15.5 Å². The quantitative estimate of drug-likeness (QED) is 0.508. The monoisotopic (exact) mass is 459 g/mol. The van der Waals surface area contributed by atoms with Crippen molar-refractivity contribution in [2.45, 2.75) is 26.8 Å². The molecule has 0 unspecified atom stereocenters. The Hall–Kier alpha value is -0.0661. The molecule has 0 amide bonds. The molecule has 0 fully saturated rings. The second kappa shape index (κ2) is 7.80. The molecule has 1 heterocycles. The molecule has 1 aromatic carbocycles. The van der Waals surface area contributed by atoms with Crippen LogP contribution in [0.25, 0.3) is 11.3 Å². The van der Waals surface area contributed by atoms with Crippen molar-refractivity contribution in [1.82, 2.24) is 4.57 Å². The fraction of sp³-hybridized carbons (Fsp3) is 0.267. The van der Waals surface area contributed by atoms with Gasteiger partial charge in [0.05, 0.1) is 0 Å². The molecule has 103 valence electrons. The van der Waals surface area contributed by atoms with Gasteiger partial charge in [0.2, 0.25) is 5.56 Å². The zero-order valence-corrected chi connectivity index (χ0v) is 16.4. The van der Waals surface area contributed by atoms with Crippen molar-refractivity contribution in [2.24, 2.45) is 0 Å². The third kappa shape index (κ3) is 3.57. The maximum absolute atomic E-state index is 13.3. The number of pyridine rings is 1. The van der Waals surface area contributed by atoms with E-state index in [1.54, 1.807) is 16.7 Å². The summed E-state index contributed by atoms with van der Waals surface area (Å²) >= 11 is 2.01. The SMILES string of the molecule is CCc1cc(F)ccc1-c1[c-]cc(I)c(=O)n1CC.[Y]. The Morgan fingerprint density at radius 2 is 2.05 bits per heavy atom. The van der Waals surface area contributed by atoms with Gasteiger partial charge < -0.3 is 4.57 Å². The number of rotatable bonds is 3. The van der Waals surface area contributed by atoms with Crippen LogP contribution >= 0.6 is 22.6 Å². The number of hydrogen-bond donors (Lipinski definition) is 0. The average Bonchev–Trinajstić information content (AvgIpc) is 2.41. The molecule has 0 aliphatic carbocycles. The predicted molar refractivity (Wildman–Crippen MR) is 82.7 cm³/mol. The number of hydrogen-bond acceptors (Lipinski definition) is 1. The molecule has 20 heavy (non-hydrogen) atoms. The van der Waals surface area contributed by atoms with Gasteiger partial charge in [0.15, 0.2) is 0 Å². The van der Waals surface area contributed by atoms with Crippen molar-refractivity contribution >= 4 is 22.6 Å². The van der Waals surface area contributed by atoms with Crippen LogP contribution in [0.15, 0.2) is 29.1 Å². The zero-order chi connectivity index (χ0) is 14.0. The van der Waals surface area contributed by atoms with Crippen LogP contribution < -0.4 is 5.56 Å². The summed E-state index contributed by atoms with van der Waals surface area (Å²) in [4.78, 5) is 12.1. The van der Waals surface area contributed by atoms with Gasteiger partial charge in [-0.2, -0.15) is 12.1 Å². The molecule has 0 bridgehead atoms. The number of aromatic nitrogens is 1. The molecule has 0 aliphatic heterocycles. The summed E-state index contributed by atoms with van der Waals surface area (Å²) in [6.07, 6.45) is 0.713. The summed E-state index contributed by atoms with van der Waals surface area (Å²) in [6, 6.07) is 9.49. The molecule has 2 nitrogen and oxygen atoms in total. The second-order valence-electron chi connectivity index (χ2n) is 4.19. The van der Waals surface area contributed by atoms with Gasteiger partial charge in [-0.25, -0.2) is 4.39 Å². The normalized spacial score (nSPS) is 10.2. The van der Waals surface area contributed by atoms with E-state index in [0.717, 1.165) is 16.8 Å². The molecule has 2 aromatic rings. The molecule has 0 aliphatic rings. The Labute approximate surface area is 156 Å². The van der Waals surface area contributed by atoms with Gasteiger partial charge in [0.1, 0.15) is 5.82 Å². The Kier molecular flexibility index (Phi) is 7.02. The number of nitrogens with zero attached hydrogens (tertiary/aromatic N) is 1. The maximum atomic E-state index is 13.3. The van der Waals surface area contributed by atoms with Crippen molar-refractivity contribution in [1.29, 1.82) is 0 Å². The summed E-state index contributed by atoms with van der Waals surface area (Å²) in [5.74, 6) is -0.253. The van der Waals surface area contributed by atoms with Crippen LogP contribution in [0.3, 0.4) is 0 Å². The van der Waals surface area contributed by atoms with Gasteiger partial charge in [0.25, 0.3) is 0 Å². The summed E-state index contributed by atoms with van der Waals surface area (Å²) in [5, 5.41) is 0. The van der Waals surface area contributed by atoms with Crippen molar-refractivity contribution in [3.05, 3.63) is 55.6 Å². The van der Waals surface area contributed by atoms with Crippen LogP contribution in [-0.4, -0.2) is 4.57 Å². The Bertz CT molecular complexity index is 669. The van der Waals surface area contributed by atoms with Crippen LogP contribution in [0.4, 0.5) is 4.39 Å². The van der Waals surface area contributed by atoms with Crippen LogP contribution in [0.1, 0.15) is 19.4 Å². The van der Waals surface area contributed by atoms with Crippen LogP contribution in [0.2, 0.25) is 0 Å². The Morgan fingerprint density at radius 1 is 1.35 bits per heavy atom. The first-order valence-electron chi connectivity index (χ1n) is 6.18. The van der Waals surface area contributed by atoms with Gasteiger partial charge in [0, 0.05) is 39.3 Å². The van der Waals surface area contributed by atoms with E-state index in [4.69, 9.17) is 0 Å². The van der Waals surface area contributed by atoms with E-state index in [1.165, 1.54) is 12.1 Å². The van der Waals surface area contributed by atoms with E-state index in [1.807, 2.05) is 36.4 Å². The molecule has 2 rings (SSSR count). The minimum atomic E-state index is -0.253. The largest absolute Gasteiger partial charge is 0.342 e. The van der Waals surface area contributed by atoms with Crippen LogP contribution in [0.5, 0.6) is 0 Å². The fourth-order valence-electron chi connectivity index (χ4n) is 2.11. The first kappa shape index (κ1) is 18.0. The Morgan fingerprint density at radius 3 is 2.65 bits per heavy atom. The van der Waals surface area contributed by atoms with Gasteiger partial charge in [-0.1, -0.05) is 23.7 Å². The van der Waals surface area contributed by atoms with Gasteiger partial charge in [-0.3, -0.25) is 4.79 Å². The third-order valence-corrected chi connectivity index (χ3v) is 3.85. The fourth-order valence-corrected chi connectivity index (χ4v) is 2.56. The molecule has 1 radical (unpaired) electrons. The van der Waals surface area contributed by atoms with E-state index < -0.39 is 0 Å². The second-order valence-corrected chi connectivity index (χ2v) is 5.35. The first-order valence-corrected chi connectivity index (χ1v) is 7.26. The molecule has 0 saturated heterocycles. The number of benzene rings is 1. The number of halogens is 2. The summed E-state index contributed by atoms with van der Waals surface area (Å²) in [5.41, 5.74) is 2.46. The van der Waals surface area contributed by atoms with Crippen molar-refractivity contribution in [3.8, 4) is 11.3 Å². The van der Waals surface area contributed by atoms with Crippen LogP contribution in [-0.2, 0) is 45.7 Å². The van der Waals surface area contributed by atoms with E-state index in [9.17, 15) is 9.18 Å². The molecular formula is C15H14FINOY-. The van der Waals surface area contributed by atoms with Gasteiger partial charge >= 0.3 is 0 Å². The minimum absolute atomic E-state index is 0. The van der Waals surface area contributed by atoms with E-state index in [2.05, 4.69) is 6.07 Å². The average molecular weight is 459 g/mol. The molecule has 5 heteroatoms. The van der Waals surface area contributed by atoms with E-state index in [-0.39, 0.29) is 44.1 Å². The summed E-state index contributed by atoms with van der Waals surface area (Å²) in [7, 11) is 0. The summed E-state index contributed by atoms with van der Waals surface area (Å²) < 4.78 is 15.6. The Balaban J connectivity index is 0.00000200. The van der Waals surface area contributed by atoms with Crippen molar-refractivity contribution in [2.75, 3.05) is 0 Å². The maximum Gasteiger partial charge on any atom is 0.207 e. The van der Waals surface area contributed by atoms with Gasteiger partial charge in [-0.05, 0) is 29.0 Å². The molecular weight excluding hydrogens is 445 g/mol. The first-order chi connectivity index (χ1) is 9.08. The van der Waals surface area contributed by atoms with E-state index >= 15 is 0 Å². The number of aryl methyl sites for hydroxylation is 1. The van der Waals surface area contributed by atoms with Crippen molar-refractivity contribution in [3.63, 3.8) is 0 Å². The third-order valence-electron chi connectivity index (χ3n) is 3.07. The summed E-state index contributed by atoms with van der Waals surface area (Å²) in [6.45, 7) is 4.46. The topological polar surface area (TPSA) is 22.0 Å². The minimum Gasteiger partial charge on any atom is -0.342 e. The zero-order valence-electron chi connectivity index (χ0n) is 11.4. The van der Waals surface area contributed by atoms with Crippen molar-refractivity contribution < 1.29 is 37.1 Å². The van der Waals surface area contributed by atoms with Gasteiger partial charge in [-0.15, -0.1) is 28.7 Å². The van der Waals surface area contributed by atoms with E-state index in [0.29, 0.717) is 16.5 Å². The molecule has 0 N–H and O–H groups in total. The smallest absolute Gasteiger partial charge is 0.207 e. The standard InChI is InChI=1S/C15H14FINO.Y/c1-3-10-9-11(16)5-6-12(10)14-8-7-13(17)15(19)18(14)4-2;/h5-7,9H,3-4H2,1-2H3;/q-1;. The molecule has 0 spiro atoms. The molecule has 1 aromatic heterocycles. The molecule has 0 atom stereocenters. The molecule has 0 saturated carbocycles.